The summed E-state index contributed by atoms with van der Waals surface area (Å²) in [7, 11) is 0. The van der Waals surface area contributed by atoms with E-state index in [0.29, 0.717) is 18.1 Å². The van der Waals surface area contributed by atoms with E-state index in [9.17, 15) is 4.79 Å². The molecule has 3 rings (SSSR count). The zero-order chi connectivity index (χ0) is 12.4. The number of aryl methyl sites for hydroxylation is 1. The van der Waals surface area contributed by atoms with Gasteiger partial charge in [-0.1, -0.05) is 35.9 Å². The highest BCUT2D eigenvalue weighted by molar-refractivity contribution is 5.81. The lowest BCUT2D eigenvalue weighted by molar-refractivity contribution is -0.118. The van der Waals surface area contributed by atoms with Crippen LogP contribution in [0.25, 0.3) is 0 Å². The summed E-state index contributed by atoms with van der Waals surface area (Å²) in [6.45, 7) is 0. The molecule has 1 atom stereocenters. The largest absolute Gasteiger partial charge is 0.299 e. The molecule has 0 fully saturated rings. The second-order valence-corrected chi connectivity index (χ2v) is 5.60. The quantitative estimate of drug-likeness (QED) is 0.709. The molecule has 0 spiro atoms. The van der Waals surface area contributed by atoms with Crippen LogP contribution in [0.1, 0.15) is 55.6 Å². The number of carbonyl (C=O) groups is 1. The van der Waals surface area contributed by atoms with Crippen molar-refractivity contribution < 1.29 is 4.79 Å². The van der Waals surface area contributed by atoms with E-state index in [4.69, 9.17) is 0 Å². The molecule has 1 aromatic rings. The van der Waals surface area contributed by atoms with Crippen molar-refractivity contribution in [2.75, 3.05) is 0 Å². The third kappa shape index (κ3) is 2.40. The van der Waals surface area contributed by atoms with Gasteiger partial charge >= 0.3 is 0 Å². The molecule has 0 N–H and O–H groups in total. The number of carbonyl (C=O) groups excluding carboxylic acids is 1. The summed E-state index contributed by atoms with van der Waals surface area (Å²) in [6.07, 6.45) is 9.65. The molecular weight excluding hydrogens is 220 g/mol. The molecule has 2 aliphatic carbocycles. The topological polar surface area (TPSA) is 17.1 Å². The van der Waals surface area contributed by atoms with E-state index in [1.54, 1.807) is 11.1 Å². The van der Waals surface area contributed by atoms with Crippen LogP contribution in [-0.2, 0) is 11.2 Å². The van der Waals surface area contributed by atoms with E-state index < -0.39 is 0 Å². The summed E-state index contributed by atoms with van der Waals surface area (Å²) >= 11 is 0. The lowest BCUT2D eigenvalue weighted by Gasteiger charge is -2.27. The maximum Gasteiger partial charge on any atom is 0.136 e. The Morgan fingerprint density at radius 1 is 1.11 bits per heavy atom. The van der Waals surface area contributed by atoms with E-state index in [0.717, 1.165) is 12.8 Å². The predicted octanol–water partition coefficient (Wildman–Crippen LogP) is 4.18. The first kappa shape index (κ1) is 11.7. The van der Waals surface area contributed by atoms with E-state index in [-0.39, 0.29) is 0 Å². The first-order valence-corrected chi connectivity index (χ1v) is 7.10. The molecule has 2 aliphatic rings. The maximum atomic E-state index is 11.3. The van der Waals surface area contributed by atoms with E-state index in [1.165, 1.54) is 31.3 Å². The van der Waals surface area contributed by atoms with Gasteiger partial charge in [0.1, 0.15) is 5.78 Å². The monoisotopic (exact) mass is 240 g/mol. The van der Waals surface area contributed by atoms with Crippen LogP contribution in [0.15, 0.2) is 35.9 Å². The third-order valence-corrected chi connectivity index (χ3v) is 4.35. The number of hydrogen-bond donors (Lipinski definition) is 0. The van der Waals surface area contributed by atoms with Crippen molar-refractivity contribution in [3.05, 3.63) is 47.0 Å². The average molecular weight is 240 g/mol. The summed E-state index contributed by atoms with van der Waals surface area (Å²) in [4.78, 5) is 11.3. The van der Waals surface area contributed by atoms with Crippen molar-refractivity contribution in [2.45, 2.75) is 50.9 Å². The zero-order valence-electron chi connectivity index (χ0n) is 10.8. The fraction of sp³-hybridized carbons (Fsp3) is 0.471. The summed E-state index contributed by atoms with van der Waals surface area (Å²) in [5.41, 5.74) is 4.61. The van der Waals surface area contributed by atoms with Gasteiger partial charge in [-0.25, -0.2) is 0 Å². The van der Waals surface area contributed by atoms with Crippen molar-refractivity contribution >= 4 is 5.78 Å². The van der Waals surface area contributed by atoms with Crippen LogP contribution in [0, 0.1) is 0 Å². The Bertz CT molecular complexity index is 484. The van der Waals surface area contributed by atoms with Gasteiger partial charge in [-0.2, -0.15) is 0 Å². The Hall–Kier alpha value is -1.37. The lowest BCUT2D eigenvalue weighted by atomic mass is 9.78. The molecule has 1 aromatic carbocycles. The van der Waals surface area contributed by atoms with Gasteiger partial charge in [-0.05, 0) is 49.1 Å². The molecule has 0 radical (unpaired) electrons. The summed E-state index contributed by atoms with van der Waals surface area (Å²) in [5.74, 6) is 1.09. The molecule has 1 heteroatoms. The van der Waals surface area contributed by atoms with Gasteiger partial charge in [0, 0.05) is 12.8 Å². The Morgan fingerprint density at radius 3 is 2.83 bits per heavy atom. The minimum atomic E-state index is 0.405. The van der Waals surface area contributed by atoms with Gasteiger partial charge in [0.15, 0.2) is 0 Å². The number of allylic oxidation sites excluding steroid dienone is 2. The van der Waals surface area contributed by atoms with Crippen LogP contribution in [0.4, 0.5) is 0 Å². The Labute approximate surface area is 109 Å². The number of Topliss-reactive ketones (excluding diaryl/α,β-unsaturated/α-hetero) is 1. The van der Waals surface area contributed by atoms with Crippen LogP contribution >= 0.6 is 0 Å². The van der Waals surface area contributed by atoms with Crippen LogP contribution in [0.5, 0.6) is 0 Å². The maximum absolute atomic E-state index is 11.3. The first-order valence-electron chi connectivity index (χ1n) is 7.10. The molecule has 0 bridgehead atoms. The van der Waals surface area contributed by atoms with Gasteiger partial charge in [-0.15, -0.1) is 0 Å². The van der Waals surface area contributed by atoms with Gasteiger partial charge in [0.25, 0.3) is 0 Å². The molecular formula is C17H20O. The average Bonchev–Trinajstić information content (AvgIpc) is 2.42. The molecule has 0 aromatic heterocycles. The standard InChI is InChI=1S/C17H20O/c18-16-10-8-13(9-11-16)12-15-6-3-5-14-4-1-2-7-17(14)15/h1-2,4,7-8,15H,3,5-6,9-12H2. The van der Waals surface area contributed by atoms with Crippen molar-refractivity contribution in [3.63, 3.8) is 0 Å². The van der Waals surface area contributed by atoms with Crippen LogP contribution in [0.2, 0.25) is 0 Å². The minimum absolute atomic E-state index is 0.405. The number of fused-ring (bicyclic) bond motifs is 1. The van der Waals surface area contributed by atoms with Crippen molar-refractivity contribution in [1.82, 2.24) is 0 Å². The number of rotatable bonds is 2. The number of hydrogen-bond acceptors (Lipinski definition) is 1. The molecule has 1 nitrogen and oxygen atoms in total. The van der Waals surface area contributed by atoms with Crippen molar-refractivity contribution in [1.29, 1.82) is 0 Å². The highest BCUT2D eigenvalue weighted by Gasteiger charge is 2.21. The molecule has 94 valence electrons. The molecule has 18 heavy (non-hydrogen) atoms. The Kier molecular flexibility index (Phi) is 3.31. The van der Waals surface area contributed by atoms with Gasteiger partial charge in [0.2, 0.25) is 0 Å². The normalized spacial score (nSPS) is 23.4. The van der Waals surface area contributed by atoms with Crippen molar-refractivity contribution in [2.24, 2.45) is 0 Å². The second-order valence-electron chi connectivity index (χ2n) is 5.60. The van der Waals surface area contributed by atoms with Crippen molar-refractivity contribution in [3.8, 4) is 0 Å². The zero-order valence-corrected chi connectivity index (χ0v) is 10.8. The molecule has 0 amide bonds. The highest BCUT2D eigenvalue weighted by Crippen LogP contribution is 2.37. The fourth-order valence-corrected chi connectivity index (χ4v) is 3.33. The second kappa shape index (κ2) is 5.09. The lowest BCUT2D eigenvalue weighted by Crippen LogP contribution is -2.12. The molecule has 1 unspecified atom stereocenters. The summed E-state index contributed by atoms with van der Waals surface area (Å²) < 4.78 is 0. The first-order chi connectivity index (χ1) is 8.83. The van der Waals surface area contributed by atoms with E-state index in [1.807, 2.05) is 0 Å². The van der Waals surface area contributed by atoms with Crippen LogP contribution in [0.3, 0.4) is 0 Å². The predicted molar refractivity (Wildman–Crippen MR) is 73.7 cm³/mol. The van der Waals surface area contributed by atoms with Crippen LogP contribution < -0.4 is 0 Å². The van der Waals surface area contributed by atoms with E-state index in [2.05, 4.69) is 30.3 Å². The van der Waals surface area contributed by atoms with Gasteiger partial charge in [0.05, 0.1) is 0 Å². The van der Waals surface area contributed by atoms with Gasteiger partial charge in [-0.3, -0.25) is 4.79 Å². The number of ketones is 1. The Balaban J connectivity index is 1.76. The molecule has 0 heterocycles. The highest BCUT2D eigenvalue weighted by atomic mass is 16.1. The summed E-state index contributed by atoms with van der Waals surface area (Å²) in [6, 6.07) is 8.89. The van der Waals surface area contributed by atoms with Crippen LogP contribution in [-0.4, -0.2) is 5.78 Å². The fourth-order valence-electron chi connectivity index (χ4n) is 3.33. The minimum Gasteiger partial charge on any atom is -0.299 e. The molecule has 0 aliphatic heterocycles. The van der Waals surface area contributed by atoms with Gasteiger partial charge < -0.3 is 0 Å². The summed E-state index contributed by atoms with van der Waals surface area (Å²) in [5, 5.41) is 0. The SMILES string of the molecule is O=C1CC=C(CC2CCCc3ccccc32)CC1. The molecule has 0 saturated heterocycles. The Morgan fingerprint density at radius 2 is 2.00 bits per heavy atom. The smallest absolute Gasteiger partial charge is 0.136 e. The molecule has 0 saturated carbocycles. The number of benzene rings is 1. The van der Waals surface area contributed by atoms with E-state index >= 15 is 0 Å². The third-order valence-electron chi connectivity index (χ3n) is 4.35.